The zero-order valence-corrected chi connectivity index (χ0v) is 8.49. The summed E-state index contributed by atoms with van der Waals surface area (Å²) in [6, 6.07) is 0. The monoisotopic (exact) mass is 152 g/mol. The number of hydrogen-bond acceptors (Lipinski definition) is 0. The first-order valence-corrected chi connectivity index (χ1v) is 4.80. The van der Waals surface area contributed by atoms with E-state index in [-0.39, 0.29) is 0 Å². The standard InChI is InChI=1S/C11H20/c1-9(2)7-11(5)8(9)6-10(11,3)4/h8H,6-7H2,1-5H3. The smallest absolute Gasteiger partial charge is 0.0236 e. The van der Waals surface area contributed by atoms with E-state index >= 15 is 0 Å². The van der Waals surface area contributed by atoms with Crippen molar-refractivity contribution >= 4 is 0 Å². The highest BCUT2D eigenvalue weighted by Crippen LogP contribution is 2.77. The molecule has 0 amide bonds. The lowest BCUT2D eigenvalue weighted by atomic mass is 9.29. The lowest BCUT2D eigenvalue weighted by Gasteiger charge is -2.75. The van der Waals surface area contributed by atoms with Crippen LogP contribution in [0.2, 0.25) is 0 Å². The highest BCUT2D eigenvalue weighted by molar-refractivity contribution is 5.18. The first kappa shape index (κ1) is 7.64. The molecule has 0 aromatic rings. The predicted octanol–water partition coefficient (Wildman–Crippen LogP) is 3.47. The van der Waals surface area contributed by atoms with Crippen molar-refractivity contribution in [2.45, 2.75) is 47.5 Å². The molecule has 0 radical (unpaired) electrons. The Hall–Kier alpha value is 0. The lowest BCUT2D eigenvalue weighted by molar-refractivity contribution is -0.265. The lowest BCUT2D eigenvalue weighted by Crippen LogP contribution is -2.68. The molecule has 0 spiro atoms. The van der Waals surface area contributed by atoms with Crippen LogP contribution >= 0.6 is 0 Å². The van der Waals surface area contributed by atoms with E-state index < -0.39 is 0 Å². The Morgan fingerprint density at radius 1 is 1.00 bits per heavy atom. The van der Waals surface area contributed by atoms with Crippen LogP contribution in [0.25, 0.3) is 0 Å². The molecule has 0 nitrogen and oxygen atoms in total. The molecule has 2 atom stereocenters. The van der Waals surface area contributed by atoms with Gasteiger partial charge in [-0.2, -0.15) is 0 Å². The molecule has 2 rings (SSSR count). The Bertz CT molecular complexity index is 200. The van der Waals surface area contributed by atoms with E-state index in [1.165, 1.54) is 12.8 Å². The summed E-state index contributed by atoms with van der Waals surface area (Å²) in [7, 11) is 0. The molecule has 64 valence electrons. The van der Waals surface area contributed by atoms with E-state index in [0.717, 1.165) is 5.92 Å². The number of rotatable bonds is 0. The van der Waals surface area contributed by atoms with Gasteiger partial charge in [0.1, 0.15) is 0 Å². The molecule has 2 unspecified atom stereocenters. The minimum absolute atomic E-state index is 0.632. The largest absolute Gasteiger partial charge is 0.0596 e. The average Bonchev–Trinajstić information content (AvgIpc) is 1.83. The zero-order valence-electron chi connectivity index (χ0n) is 8.49. The van der Waals surface area contributed by atoms with Crippen molar-refractivity contribution in [3.8, 4) is 0 Å². The molecule has 0 bridgehead atoms. The van der Waals surface area contributed by atoms with Crippen molar-refractivity contribution in [1.29, 1.82) is 0 Å². The van der Waals surface area contributed by atoms with Gasteiger partial charge in [-0.05, 0) is 35.0 Å². The van der Waals surface area contributed by atoms with E-state index in [9.17, 15) is 0 Å². The molecule has 2 aliphatic rings. The number of hydrogen-bond donors (Lipinski definition) is 0. The molecule has 0 aromatic carbocycles. The SMILES string of the molecule is CC1(C)CC2(C)C1CC2(C)C. The van der Waals surface area contributed by atoms with Crippen molar-refractivity contribution < 1.29 is 0 Å². The maximum atomic E-state index is 2.48. The van der Waals surface area contributed by atoms with Gasteiger partial charge in [-0.1, -0.05) is 34.6 Å². The molecule has 2 fully saturated rings. The van der Waals surface area contributed by atoms with Gasteiger partial charge >= 0.3 is 0 Å². The molecule has 0 N–H and O–H groups in total. The van der Waals surface area contributed by atoms with E-state index in [1.807, 2.05) is 0 Å². The van der Waals surface area contributed by atoms with Crippen LogP contribution in [0.3, 0.4) is 0 Å². The molecular formula is C11H20. The van der Waals surface area contributed by atoms with Crippen LogP contribution in [0.15, 0.2) is 0 Å². The third-order valence-corrected chi connectivity index (χ3v) is 4.80. The van der Waals surface area contributed by atoms with Gasteiger partial charge in [0.2, 0.25) is 0 Å². The minimum Gasteiger partial charge on any atom is -0.0596 e. The second-order valence-electron chi connectivity index (χ2n) is 6.22. The summed E-state index contributed by atoms with van der Waals surface area (Å²) in [5.74, 6) is 1.02. The third kappa shape index (κ3) is 0.625. The van der Waals surface area contributed by atoms with Gasteiger partial charge in [-0.25, -0.2) is 0 Å². The molecule has 0 heteroatoms. The summed E-state index contributed by atoms with van der Waals surface area (Å²) >= 11 is 0. The van der Waals surface area contributed by atoms with Crippen LogP contribution in [-0.4, -0.2) is 0 Å². The summed E-state index contributed by atoms with van der Waals surface area (Å²) in [4.78, 5) is 0. The Morgan fingerprint density at radius 3 is 1.64 bits per heavy atom. The second kappa shape index (κ2) is 1.53. The van der Waals surface area contributed by atoms with Gasteiger partial charge in [-0.15, -0.1) is 0 Å². The average molecular weight is 152 g/mol. The second-order valence-corrected chi connectivity index (χ2v) is 6.22. The van der Waals surface area contributed by atoms with E-state index in [2.05, 4.69) is 34.6 Å². The van der Waals surface area contributed by atoms with Gasteiger partial charge in [0, 0.05) is 0 Å². The first-order valence-electron chi connectivity index (χ1n) is 4.80. The molecule has 0 saturated heterocycles. The molecule has 2 saturated carbocycles. The predicted molar refractivity (Wildman–Crippen MR) is 48.4 cm³/mol. The normalized spacial score (nSPS) is 50.5. The van der Waals surface area contributed by atoms with E-state index in [1.54, 1.807) is 0 Å². The highest BCUT2D eigenvalue weighted by Gasteiger charge is 2.69. The molecular weight excluding hydrogens is 132 g/mol. The zero-order chi connectivity index (χ0) is 8.49. The molecule has 2 aliphatic carbocycles. The fraction of sp³-hybridized carbons (Fsp3) is 1.00. The van der Waals surface area contributed by atoms with Crippen molar-refractivity contribution in [2.75, 3.05) is 0 Å². The van der Waals surface area contributed by atoms with Gasteiger partial charge in [-0.3, -0.25) is 0 Å². The Kier molecular flexibility index (Phi) is 1.06. The summed E-state index contributed by atoms with van der Waals surface area (Å²) in [5.41, 5.74) is 1.98. The van der Waals surface area contributed by atoms with Crippen LogP contribution in [0.1, 0.15) is 47.5 Å². The van der Waals surface area contributed by atoms with E-state index in [0.29, 0.717) is 16.2 Å². The maximum Gasteiger partial charge on any atom is -0.0236 e. The van der Waals surface area contributed by atoms with Crippen LogP contribution in [-0.2, 0) is 0 Å². The van der Waals surface area contributed by atoms with Crippen LogP contribution in [0.5, 0.6) is 0 Å². The van der Waals surface area contributed by atoms with Crippen molar-refractivity contribution in [3.63, 3.8) is 0 Å². The summed E-state index contributed by atoms with van der Waals surface area (Å²) in [6.45, 7) is 12.2. The summed E-state index contributed by atoms with van der Waals surface area (Å²) in [5, 5.41) is 0. The van der Waals surface area contributed by atoms with Crippen LogP contribution in [0.4, 0.5) is 0 Å². The van der Waals surface area contributed by atoms with Gasteiger partial charge in [0.15, 0.2) is 0 Å². The quantitative estimate of drug-likeness (QED) is 0.498. The first-order chi connectivity index (χ1) is 4.80. The van der Waals surface area contributed by atoms with Crippen molar-refractivity contribution in [3.05, 3.63) is 0 Å². The molecule has 11 heavy (non-hydrogen) atoms. The minimum atomic E-state index is 0.632. The fourth-order valence-electron chi connectivity index (χ4n) is 3.75. The third-order valence-electron chi connectivity index (χ3n) is 4.80. The molecule has 0 aromatic heterocycles. The van der Waals surface area contributed by atoms with Crippen LogP contribution < -0.4 is 0 Å². The van der Waals surface area contributed by atoms with E-state index in [4.69, 9.17) is 0 Å². The van der Waals surface area contributed by atoms with Gasteiger partial charge in [0.05, 0.1) is 0 Å². The topological polar surface area (TPSA) is 0 Å². The molecule has 0 heterocycles. The summed E-state index contributed by atoms with van der Waals surface area (Å²) < 4.78 is 0. The Balaban J connectivity index is 2.20. The summed E-state index contributed by atoms with van der Waals surface area (Å²) in [6.07, 6.45) is 2.90. The van der Waals surface area contributed by atoms with Crippen molar-refractivity contribution in [2.24, 2.45) is 22.2 Å². The number of fused-ring (bicyclic) bond motifs is 1. The van der Waals surface area contributed by atoms with Gasteiger partial charge < -0.3 is 0 Å². The highest BCUT2D eigenvalue weighted by atomic mass is 14.7. The fourth-order valence-corrected chi connectivity index (χ4v) is 3.75. The maximum absolute atomic E-state index is 2.48. The van der Waals surface area contributed by atoms with Crippen molar-refractivity contribution in [1.82, 2.24) is 0 Å². The van der Waals surface area contributed by atoms with Crippen LogP contribution in [0, 0.1) is 22.2 Å². The Labute approximate surface area is 70.4 Å². The van der Waals surface area contributed by atoms with Gasteiger partial charge in [0.25, 0.3) is 0 Å². The molecule has 0 aliphatic heterocycles. The Morgan fingerprint density at radius 2 is 1.55 bits per heavy atom.